The number of hydrogen-bond acceptors (Lipinski definition) is 2. The van der Waals surface area contributed by atoms with Crippen LogP contribution in [0, 0.1) is 0 Å². The highest BCUT2D eigenvalue weighted by atomic mass is 35.5. The van der Waals surface area contributed by atoms with E-state index in [1.807, 2.05) is 19.9 Å². The van der Waals surface area contributed by atoms with Gasteiger partial charge in [-0.2, -0.15) is 0 Å². The van der Waals surface area contributed by atoms with Gasteiger partial charge in [0.05, 0.1) is 12.5 Å². The Morgan fingerprint density at radius 3 is 2.63 bits per heavy atom. The Morgan fingerprint density at radius 1 is 1.53 bits per heavy atom. The maximum absolute atomic E-state index is 13.9. The van der Waals surface area contributed by atoms with Crippen LogP contribution in [-0.2, 0) is 4.74 Å². The lowest BCUT2D eigenvalue weighted by molar-refractivity contribution is 0.260. The summed E-state index contributed by atoms with van der Waals surface area (Å²) in [7, 11) is 1.42. The van der Waals surface area contributed by atoms with Crippen molar-refractivity contribution in [1.29, 1.82) is 0 Å². The number of rotatable bonds is 8. The molecule has 19 heavy (non-hydrogen) atoms. The minimum Gasteiger partial charge on any atom is -0.497 e. The van der Waals surface area contributed by atoms with Gasteiger partial charge < -0.3 is 10.5 Å². The average Bonchev–Trinajstić information content (AvgIpc) is 2.38. The minimum atomic E-state index is -0.513. The molecule has 0 aliphatic carbocycles. The molecule has 0 fully saturated rings. The number of halogens is 2. The molecule has 0 radical (unpaired) electrons. The number of nitrogens with two attached hydrogens (primary N) is 1. The van der Waals surface area contributed by atoms with Gasteiger partial charge in [-0.05, 0) is 32.3 Å². The molecule has 0 aliphatic rings. The molecule has 0 aliphatic heterocycles. The molecule has 2 N–H and O–H groups in total. The topological polar surface area (TPSA) is 35.2 Å². The molecular formula is C15H23ClFNO. The van der Waals surface area contributed by atoms with E-state index >= 15 is 0 Å². The van der Waals surface area contributed by atoms with E-state index in [0.717, 1.165) is 5.57 Å². The lowest BCUT2D eigenvalue weighted by Crippen LogP contribution is -2.06. The lowest BCUT2D eigenvalue weighted by atomic mass is 10.1. The first kappa shape index (κ1) is 17.8. The largest absolute Gasteiger partial charge is 0.497 e. The van der Waals surface area contributed by atoms with E-state index in [1.165, 1.54) is 7.11 Å². The van der Waals surface area contributed by atoms with Gasteiger partial charge in [0.25, 0.3) is 0 Å². The van der Waals surface area contributed by atoms with Gasteiger partial charge in [-0.15, -0.1) is 18.2 Å². The lowest BCUT2D eigenvalue weighted by Gasteiger charge is -2.12. The Bertz CT molecular complexity index is 386. The predicted octanol–water partition coefficient (Wildman–Crippen LogP) is 4.59. The maximum atomic E-state index is 13.9. The molecule has 2 nitrogen and oxygen atoms in total. The Balaban J connectivity index is 4.65. The highest BCUT2D eigenvalue weighted by Crippen LogP contribution is 2.23. The van der Waals surface area contributed by atoms with Crippen LogP contribution in [0.1, 0.15) is 33.1 Å². The van der Waals surface area contributed by atoms with Crippen molar-refractivity contribution < 1.29 is 9.13 Å². The fourth-order valence-corrected chi connectivity index (χ4v) is 1.80. The van der Waals surface area contributed by atoms with Crippen molar-refractivity contribution in [2.24, 2.45) is 5.73 Å². The fourth-order valence-electron chi connectivity index (χ4n) is 1.47. The van der Waals surface area contributed by atoms with Gasteiger partial charge in [0, 0.05) is 12.1 Å². The molecular weight excluding hydrogens is 265 g/mol. The maximum Gasteiger partial charge on any atom is 0.145 e. The van der Waals surface area contributed by atoms with Gasteiger partial charge in [0.1, 0.15) is 11.6 Å². The van der Waals surface area contributed by atoms with E-state index in [1.54, 1.807) is 12.2 Å². The number of hydrogen-bond donors (Lipinski definition) is 1. The highest BCUT2D eigenvalue weighted by molar-refractivity contribution is 6.22. The fraction of sp³-hybridized carbons (Fsp3) is 0.467. The number of ether oxygens (including phenoxy) is 1. The Hall–Kier alpha value is -1.22. The van der Waals surface area contributed by atoms with Crippen LogP contribution in [0.4, 0.5) is 4.39 Å². The first-order valence-electron chi connectivity index (χ1n) is 6.24. The minimum absolute atomic E-state index is 0.177. The van der Waals surface area contributed by atoms with Gasteiger partial charge >= 0.3 is 0 Å². The van der Waals surface area contributed by atoms with Crippen molar-refractivity contribution in [1.82, 2.24) is 0 Å². The summed E-state index contributed by atoms with van der Waals surface area (Å²) in [6.45, 7) is 7.40. The second-order valence-corrected chi connectivity index (χ2v) is 4.66. The van der Waals surface area contributed by atoms with Gasteiger partial charge in [0.2, 0.25) is 0 Å². The van der Waals surface area contributed by atoms with Crippen LogP contribution in [0.3, 0.4) is 0 Å². The summed E-state index contributed by atoms with van der Waals surface area (Å²) >= 11 is 6.01. The van der Waals surface area contributed by atoms with Gasteiger partial charge in [-0.25, -0.2) is 4.39 Å². The molecule has 0 aromatic heterocycles. The van der Waals surface area contributed by atoms with Crippen molar-refractivity contribution in [2.45, 2.75) is 38.5 Å². The molecule has 0 aromatic rings. The van der Waals surface area contributed by atoms with Crippen molar-refractivity contribution in [3.63, 3.8) is 0 Å². The van der Waals surface area contributed by atoms with Crippen LogP contribution >= 0.6 is 11.6 Å². The standard InChI is InChI=1S/C15H23ClFNO/c1-5-8-12(16)15(19-4)13(17)9-7-10-14(18)11(3)6-2/h5-6,10,12H,1,7-9,18H2,2-4H3/b11-6+,14-10+,15-13-. The van der Waals surface area contributed by atoms with E-state index < -0.39 is 5.38 Å². The van der Waals surface area contributed by atoms with E-state index in [9.17, 15) is 4.39 Å². The molecule has 0 saturated carbocycles. The van der Waals surface area contributed by atoms with Crippen molar-refractivity contribution in [2.75, 3.05) is 7.11 Å². The summed E-state index contributed by atoms with van der Waals surface area (Å²) in [5.41, 5.74) is 7.47. The summed E-state index contributed by atoms with van der Waals surface area (Å²) in [5, 5.41) is -0.513. The van der Waals surface area contributed by atoms with E-state index in [-0.39, 0.29) is 18.0 Å². The van der Waals surface area contributed by atoms with Crippen molar-refractivity contribution in [3.8, 4) is 0 Å². The smallest absolute Gasteiger partial charge is 0.145 e. The van der Waals surface area contributed by atoms with E-state index in [0.29, 0.717) is 18.5 Å². The highest BCUT2D eigenvalue weighted by Gasteiger charge is 2.15. The molecule has 0 bridgehead atoms. The Labute approximate surface area is 120 Å². The molecule has 0 heterocycles. The van der Waals surface area contributed by atoms with Crippen LogP contribution in [-0.4, -0.2) is 12.5 Å². The SMILES string of the molecule is C=CCC(Cl)/C(OC)=C(/F)CC/C=C(N)\C(C)=C\C. The zero-order valence-electron chi connectivity index (χ0n) is 11.9. The average molecular weight is 288 g/mol. The first-order valence-corrected chi connectivity index (χ1v) is 6.67. The van der Waals surface area contributed by atoms with Crippen LogP contribution in [0.25, 0.3) is 0 Å². The molecule has 0 rings (SSSR count). The van der Waals surface area contributed by atoms with E-state index in [2.05, 4.69) is 6.58 Å². The zero-order valence-corrected chi connectivity index (χ0v) is 12.6. The Kier molecular flexibility index (Phi) is 9.06. The quantitative estimate of drug-likeness (QED) is 0.307. The van der Waals surface area contributed by atoms with E-state index in [4.69, 9.17) is 22.1 Å². The second-order valence-electron chi connectivity index (χ2n) is 4.14. The summed E-state index contributed by atoms with van der Waals surface area (Å²) in [6.07, 6.45) is 6.55. The first-order chi connectivity index (χ1) is 8.97. The third kappa shape index (κ3) is 6.48. The third-order valence-corrected chi connectivity index (χ3v) is 3.14. The number of methoxy groups -OCH3 is 1. The van der Waals surface area contributed by atoms with Crippen LogP contribution < -0.4 is 5.73 Å². The molecule has 0 amide bonds. The molecule has 4 heteroatoms. The monoisotopic (exact) mass is 287 g/mol. The summed E-state index contributed by atoms with van der Waals surface area (Å²) in [5.74, 6) is -0.164. The van der Waals surface area contributed by atoms with Crippen LogP contribution in [0.15, 0.2) is 47.7 Å². The van der Waals surface area contributed by atoms with Gasteiger partial charge in [0.15, 0.2) is 0 Å². The second kappa shape index (κ2) is 9.68. The number of alkyl halides is 1. The van der Waals surface area contributed by atoms with Gasteiger partial charge in [-0.3, -0.25) is 0 Å². The summed E-state index contributed by atoms with van der Waals surface area (Å²) < 4.78 is 18.9. The zero-order chi connectivity index (χ0) is 14.8. The molecule has 0 spiro atoms. The van der Waals surface area contributed by atoms with Gasteiger partial charge in [-0.1, -0.05) is 18.2 Å². The molecule has 0 saturated heterocycles. The molecule has 1 atom stereocenters. The van der Waals surface area contributed by atoms with Crippen LogP contribution in [0.5, 0.6) is 0 Å². The molecule has 1 unspecified atom stereocenters. The third-order valence-electron chi connectivity index (χ3n) is 2.76. The van der Waals surface area contributed by atoms with Crippen molar-refractivity contribution in [3.05, 3.63) is 47.7 Å². The normalized spacial score (nSPS) is 15.8. The van der Waals surface area contributed by atoms with Crippen molar-refractivity contribution >= 4 is 11.6 Å². The predicted molar refractivity (Wildman–Crippen MR) is 80.5 cm³/mol. The molecule has 108 valence electrons. The molecule has 0 aromatic carbocycles. The Morgan fingerprint density at radius 2 is 2.16 bits per heavy atom. The summed E-state index contributed by atoms with van der Waals surface area (Å²) in [6, 6.07) is 0. The number of allylic oxidation sites excluding steroid dienone is 6. The summed E-state index contributed by atoms with van der Waals surface area (Å²) in [4.78, 5) is 0. The van der Waals surface area contributed by atoms with Crippen LogP contribution in [0.2, 0.25) is 0 Å².